The zero-order valence-corrected chi connectivity index (χ0v) is 16.9. The number of nitrogens with zero attached hydrogens (tertiary/aromatic N) is 4. The van der Waals surface area contributed by atoms with Gasteiger partial charge in [-0.05, 0) is 25.1 Å². The van der Waals surface area contributed by atoms with Crippen LogP contribution in [0.4, 0.5) is 0 Å². The number of hydrogen-bond acceptors (Lipinski definition) is 5. The number of likely N-dealkylation sites (tertiary alicyclic amines) is 1. The number of β-amino-alcohol motifs (C(OH)–C–C–N with tert-alkyl or cyclic N) is 1. The minimum Gasteiger partial charge on any atom is -0.477 e. The molecule has 1 amide bonds. The van der Waals surface area contributed by atoms with Crippen LogP contribution in [0.2, 0.25) is 0 Å². The van der Waals surface area contributed by atoms with Gasteiger partial charge in [0, 0.05) is 51.7 Å². The Labute approximate surface area is 169 Å². The largest absolute Gasteiger partial charge is 0.477 e. The molecule has 4 rings (SSSR count). The van der Waals surface area contributed by atoms with Gasteiger partial charge in [-0.3, -0.25) is 14.6 Å². The van der Waals surface area contributed by atoms with Crippen LogP contribution in [0.5, 0.6) is 0 Å². The summed E-state index contributed by atoms with van der Waals surface area (Å²) in [6, 6.07) is 7.44. The number of hydrogen-bond donors (Lipinski definition) is 2. The summed E-state index contributed by atoms with van der Waals surface area (Å²) in [5.41, 5.74) is 2.33. The van der Waals surface area contributed by atoms with Crippen LogP contribution in [-0.2, 0) is 18.4 Å². The normalized spacial score (nSPS) is 23.8. The van der Waals surface area contributed by atoms with Gasteiger partial charge >= 0.3 is 5.97 Å². The molecule has 3 heterocycles. The van der Waals surface area contributed by atoms with Crippen LogP contribution < -0.4 is 0 Å². The lowest BCUT2D eigenvalue weighted by atomic mass is 10.1. The van der Waals surface area contributed by atoms with E-state index in [0.717, 1.165) is 36.1 Å². The van der Waals surface area contributed by atoms with E-state index in [2.05, 4.69) is 4.90 Å². The second kappa shape index (κ2) is 7.78. The smallest absolute Gasteiger partial charge is 0.352 e. The maximum atomic E-state index is 12.8. The number of aromatic carboxylic acids is 1. The van der Waals surface area contributed by atoms with Crippen molar-refractivity contribution in [3.63, 3.8) is 0 Å². The molecule has 2 atom stereocenters. The summed E-state index contributed by atoms with van der Waals surface area (Å²) in [5.74, 6) is -0.817. The number of carbonyl (C=O) groups is 2. The van der Waals surface area contributed by atoms with Crippen molar-refractivity contribution in [2.75, 3.05) is 39.8 Å². The number of aryl methyl sites for hydroxylation is 1. The first-order chi connectivity index (χ1) is 13.8. The van der Waals surface area contributed by atoms with Crippen molar-refractivity contribution in [2.45, 2.75) is 25.1 Å². The van der Waals surface area contributed by atoms with Crippen LogP contribution >= 0.6 is 0 Å². The SMILES string of the molecule is CN1C[C@H](O)C[C@@H]1C(=O)N1CCN(Cc2cccc3cc(C(=O)O)n(C)c23)CC1. The monoisotopic (exact) mass is 400 g/mol. The van der Waals surface area contributed by atoms with Crippen molar-refractivity contribution >= 4 is 22.8 Å². The Morgan fingerprint density at radius 3 is 2.48 bits per heavy atom. The number of carbonyl (C=O) groups excluding carboxylic acids is 1. The molecule has 1 aromatic heterocycles. The van der Waals surface area contributed by atoms with Crippen LogP contribution in [0, 0.1) is 0 Å². The number of piperazine rings is 1. The molecule has 0 aliphatic carbocycles. The molecule has 2 saturated heterocycles. The zero-order chi connectivity index (χ0) is 20.7. The first-order valence-corrected chi connectivity index (χ1v) is 10.0. The molecule has 0 unspecified atom stereocenters. The molecule has 1 aromatic carbocycles. The zero-order valence-electron chi connectivity index (χ0n) is 16.9. The van der Waals surface area contributed by atoms with E-state index in [1.54, 1.807) is 17.7 Å². The molecule has 2 aromatic rings. The van der Waals surface area contributed by atoms with E-state index in [4.69, 9.17) is 0 Å². The molecule has 29 heavy (non-hydrogen) atoms. The number of aromatic nitrogens is 1. The molecule has 0 bridgehead atoms. The number of benzene rings is 1. The summed E-state index contributed by atoms with van der Waals surface area (Å²) in [4.78, 5) is 30.4. The predicted octanol–water partition coefficient (Wildman–Crippen LogP) is 0.586. The quantitative estimate of drug-likeness (QED) is 0.781. The number of para-hydroxylation sites is 1. The molecule has 2 aliphatic rings. The van der Waals surface area contributed by atoms with Crippen LogP contribution in [0.3, 0.4) is 0 Å². The minimum atomic E-state index is -0.927. The van der Waals surface area contributed by atoms with Crippen LogP contribution in [0.1, 0.15) is 22.5 Å². The van der Waals surface area contributed by atoms with Crippen molar-refractivity contribution in [1.29, 1.82) is 0 Å². The highest BCUT2D eigenvalue weighted by Crippen LogP contribution is 2.25. The standard InChI is InChI=1S/C21H28N4O4/c1-22-13-16(26)11-17(22)20(27)25-8-6-24(7-9-25)12-15-5-3-4-14-10-18(21(28)29)23(2)19(14)15/h3-5,10,16-17,26H,6-9,11-13H2,1-2H3,(H,28,29)/t16-,17-/m1/s1. The fourth-order valence-electron chi connectivity index (χ4n) is 4.67. The van der Waals surface area contributed by atoms with Crippen LogP contribution in [-0.4, -0.2) is 93.3 Å². The minimum absolute atomic E-state index is 0.110. The number of rotatable bonds is 4. The molecule has 8 heteroatoms. The highest BCUT2D eigenvalue weighted by molar-refractivity contribution is 5.95. The number of fused-ring (bicyclic) bond motifs is 1. The molecule has 2 fully saturated rings. The van der Waals surface area contributed by atoms with Crippen molar-refractivity contribution in [2.24, 2.45) is 7.05 Å². The average Bonchev–Trinajstić information content (AvgIpc) is 3.21. The van der Waals surface area contributed by atoms with Crippen molar-refractivity contribution in [3.8, 4) is 0 Å². The molecule has 2 aliphatic heterocycles. The Hall–Kier alpha value is -2.42. The van der Waals surface area contributed by atoms with Gasteiger partial charge < -0.3 is 19.7 Å². The van der Waals surface area contributed by atoms with Gasteiger partial charge in [0.05, 0.1) is 17.7 Å². The molecular weight excluding hydrogens is 372 g/mol. The van der Waals surface area contributed by atoms with Gasteiger partial charge in [-0.15, -0.1) is 0 Å². The Morgan fingerprint density at radius 1 is 1.14 bits per heavy atom. The Balaban J connectivity index is 1.43. The summed E-state index contributed by atoms with van der Waals surface area (Å²) in [5, 5.41) is 20.1. The van der Waals surface area contributed by atoms with Gasteiger partial charge in [-0.1, -0.05) is 18.2 Å². The summed E-state index contributed by atoms with van der Waals surface area (Å²) < 4.78 is 1.74. The fourth-order valence-corrected chi connectivity index (χ4v) is 4.67. The van der Waals surface area contributed by atoms with Crippen molar-refractivity contribution in [1.82, 2.24) is 19.3 Å². The number of carboxylic acids is 1. The third-order valence-electron chi connectivity index (χ3n) is 6.25. The van der Waals surface area contributed by atoms with Crippen molar-refractivity contribution < 1.29 is 19.8 Å². The molecule has 156 valence electrons. The van der Waals surface area contributed by atoms with E-state index in [9.17, 15) is 19.8 Å². The predicted molar refractivity (Wildman–Crippen MR) is 109 cm³/mol. The first kappa shape index (κ1) is 19.9. The second-order valence-electron chi connectivity index (χ2n) is 8.20. The van der Waals surface area contributed by atoms with Gasteiger partial charge in [-0.25, -0.2) is 4.79 Å². The molecule has 0 radical (unpaired) electrons. The van der Waals surface area contributed by atoms with Gasteiger partial charge in [0.2, 0.25) is 5.91 Å². The summed E-state index contributed by atoms with van der Waals surface area (Å²) in [6.07, 6.45) is 0.0911. The Morgan fingerprint density at radius 2 is 1.86 bits per heavy atom. The van der Waals surface area contributed by atoms with E-state index in [0.29, 0.717) is 26.1 Å². The third kappa shape index (κ3) is 3.75. The van der Waals surface area contributed by atoms with E-state index in [-0.39, 0.29) is 17.6 Å². The number of carboxylic acid groups (broad SMARTS) is 1. The summed E-state index contributed by atoms with van der Waals surface area (Å²) in [7, 11) is 3.68. The fraction of sp³-hybridized carbons (Fsp3) is 0.524. The van der Waals surface area contributed by atoms with Crippen molar-refractivity contribution in [3.05, 3.63) is 35.5 Å². The average molecular weight is 400 g/mol. The molecular formula is C21H28N4O4. The number of aliphatic hydroxyl groups excluding tert-OH is 1. The topological polar surface area (TPSA) is 89.2 Å². The van der Waals surface area contributed by atoms with Gasteiger partial charge in [0.1, 0.15) is 5.69 Å². The van der Waals surface area contributed by atoms with Crippen LogP contribution in [0.15, 0.2) is 24.3 Å². The first-order valence-electron chi connectivity index (χ1n) is 10.0. The second-order valence-corrected chi connectivity index (χ2v) is 8.20. The summed E-state index contributed by atoms with van der Waals surface area (Å²) in [6.45, 7) is 4.16. The molecule has 8 nitrogen and oxygen atoms in total. The Kier molecular flexibility index (Phi) is 5.33. The van der Waals surface area contributed by atoms with Gasteiger partial charge in [0.15, 0.2) is 0 Å². The third-order valence-corrected chi connectivity index (χ3v) is 6.25. The lowest BCUT2D eigenvalue weighted by Gasteiger charge is -2.37. The van der Waals surface area contributed by atoms with Crippen LogP contribution in [0.25, 0.3) is 10.9 Å². The lowest BCUT2D eigenvalue weighted by molar-refractivity contribution is -0.137. The maximum Gasteiger partial charge on any atom is 0.352 e. The Bertz CT molecular complexity index is 932. The van der Waals surface area contributed by atoms with E-state index in [1.807, 2.05) is 35.0 Å². The van der Waals surface area contributed by atoms with Gasteiger partial charge in [-0.2, -0.15) is 0 Å². The van der Waals surface area contributed by atoms with E-state index in [1.165, 1.54) is 0 Å². The summed E-state index contributed by atoms with van der Waals surface area (Å²) >= 11 is 0. The molecule has 0 spiro atoms. The maximum absolute atomic E-state index is 12.8. The highest BCUT2D eigenvalue weighted by atomic mass is 16.4. The van der Waals surface area contributed by atoms with E-state index < -0.39 is 12.1 Å². The number of aliphatic hydroxyl groups is 1. The lowest BCUT2D eigenvalue weighted by Crippen LogP contribution is -2.52. The molecule has 2 N–H and O–H groups in total. The highest BCUT2D eigenvalue weighted by Gasteiger charge is 2.36. The number of likely N-dealkylation sites (N-methyl/N-ethyl adjacent to an activating group) is 1. The van der Waals surface area contributed by atoms with E-state index >= 15 is 0 Å². The molecule has 0 saturated carbocycles. The van der Waals surface area contributed by atoms with Gasteiger partial charge in [0.25, 0.3) is 0 Å². The number of amides is 1.